The zero-order chi connectivity index (χ0) is 11.7. The van der Waals surface area contributed by atoms with Crippen molar-refractivity contribution in [3.63, 3.8) is 0 Å². The lowest BCUT2D eigenvalue weighted by Gasteiger charge is -2.26. The molecule has 0 aliphatic rings. The van der Waals surface area contributed by atoms with E-state index in [1.165, 1.54) is 0 Å². The first-order chi connectivity index (χ1) is 7.08. The van der Waals surface area contributed by atoms with E-state index < -0.39 is 0 Å². The van der Waals surface area contributed by atoms with Crippen molar-refractivity contribution in [2.24, 2.45) is 0 Å². The molecule has 0 aromatic heterocycles. The molecule has 0 aromatic rings. The molecule has 92 valence electrons. The maximum absolute atomic E-state index is 9.15. The minimum atomic E-state index is -0.187. The SMILES string of the molecule is CNC(C)(CO)CCCOC(C)COC. The van der Waals surface area contributed by atoms with Crippen LogP contribution in [-0.4, -0.2) is 50.7 Å². The topological polar surface area (TPSA) is 50.7 Å². The fourth-order valence-corrected chi connectivity index (χ4v) is 1.31. The first kappa shape index (κ1) is 14.8. The molecule has 0 saturated carbocycles. The quantitative estimate of drug-likeness (QED) is 0.563. The van der Waals surface area contributed by atoms with Crippen LogP contribution < -0.4 is 5.32 Å². The normalized spacial score (nSPS) is 17.4. The van der Waals surface area contributed by atoms with Gasteiger partial charge in [-0.25, -0.2) is 0 Å². The Morgan fingerprint density at radius 2 is 2.13 bits per heavy atom. The summed E-state index contributed by atoms with van der Waals surface area (Å²) in [7, 11) is 3.54. The summed E-state index contributed by atoms with van der Waals surface area (Å²) in [4.78, 5) is 0. The Labute approximate surface area is 93.0 Å². The number of aliphatic hydroxyl groups excluding tert-OH is 1. The lowest BCUT2D eigenvalue weighted by Crippen LogP contribution is -2.43. The second-order valence-corrected chi connectivity index (χ2v) is 4.21. The number of nitrogens with one attached hydrogen (secondary N) is 1. The van der Waals surface area contributed by atoms with Gasteiger partial charge in [0.05, 0.1) is 19.3 Å². The van der Waals surface area contributed by atoms with Gasteiger partial charge in [-0.15, -0.1) is 0 Å². The van der Waals surface area contributed by atoms with Crippen molar-refractivity contribution in [1.29, 1.82) is 0 Å². The molecule has 15 heavy (non-hydrogen) atoms. The second kappa shape index (κ2) is 8.05. The molecule has 0 amide bonds. The highest BCUT2D eigenvalue weighted by molar-refractivity contribution is 4.79. The van der Waals surface area contributed by atoms with Crippen LogP contribution in [0.2, 0.25) is 0 Å². The standard InChI is InChI=1S/C11H25NO3/c1-10(8-14-4)15-7-5-6-11(2,9-13)12-3/h10,12-13H,5-9H2,1-4H3. The number of methoxy groups -OCH3 is 1. The zero-order valence-electron chi connectivity index (χ0n) is 10.4. The van der Waals surface area contributed by atoms with Gasteiger partial charge in [0.2, 0.25) is 0 Å². The van der Waals surface area contributed by atoms with E-state index in [4.69, 9.17) is 14.6 Å². The van der Waals surface area contributed by atoms with Crippen LogP contribution in [0.3, 0.4) is 0 Å². The molecule has 0 bridgehead atoms. The summed E-state index contributed by atoms with van der Waals surface area (Å²) in [5.41, 5.74) is -0.187. The average molecular weight is 219 g/mol. The van der Waals surface area contributed by atoms with Crippen LogP contribution in [0, 0.1) is 0 Å². The van der Waals surface area contributed by atoms with Crippen molar-refractivity contribution in [1.82, 2.24) is 5.32 Å². The van der Waals surface area contributed by atoms with Crippen LogP contribution in [0.5, 0.6) is 0 Å². The zero-order valence-corrected chi connectivity index (χ0v) is 10.4. The number of likely N-dealkylation sites (N-methyl/N-ethyl adjacent to an activating group) is 1. The molecule has 4 nitrogen and oxygen atoms in total. The maximum Gasteiger partial charge on any atom is 0.0780 e. The fourth-order valence-electron chi connectivity index (χ4n) is 1.31. The Balaban J connectivity index is 3.52. The van der Waals surface area contributed by atoms with E-state index >= 15 is 0 Å². The molecular weight excluding hydrogens is 194 g/mol. The highest BCUT2D eigenvalue weighted by Crippen LogP contribution is 2.11. The van der Waals surface area contributed by atoms with Gasteiger partial charge in [-0.3, -0.25) is 0 Å². The molecule has 4 heteroatoms. The Bertz CT molecular complexity index is 149. The van der Waals surface area contributed by atoms with Gasteiger partial charge in [0.1, 0.15) is 0 Å². The van der Waals surface area contributed by atoms with Gasteiger partial charge in [0.25, 0.3) is 0 Å². The van der Waals surface area contributed by atoms with Crippen molar-refractivity contribution in [3.8, 4) is 0 Å². The molecule has 2 unspecified atom stereocenters. The first-order valence-corrected chi connectivity index (χ1v) is 5.48. The van der Waals surface area contributed by atoms with Gasteiger partial charge in [-0.05, 0) is 33.7 Å². The van der Waals surface area contributed by atoms with Gasteiger partial charge in [0, 0.05) is 19.3 Å². The third kappa shape index (κ3) is 6.84. The first-order valence-electron chi connectivity index (χ1n) is 5.48. The van der Waals surface area contributed by atoms with E-state index in [9.17, 15) is 0 Å². The Morgan fingerprint density at radius 3 is 2.60 bits per heavy atom. The van der Waals surface area contributed by atoms with Crippen LogP contribution in [-0.2, 0) is 9.47 Å². The van der Waals surface area contributed by atoms with E-state index in [1.807, 2.05) is 20.9 Å². The number of hydrogen-bond donors (Lipinski definition) is 2. The Kier molecular flexibility index (Phi) is 7.96. The van der Waals surface area contributed by atoms with Crippen LogP contribution in [0.4, 0.5) is 0 Å². The molecule has 0 aromatic carbocycles. The molecule has 0 fully saturated rings. The van der Waals surface area contributed by atoms with Crippen LogP contribution in [0.15, 0.2) is 0 Å². The van der Waals surface area contributed by atoms with Crippen molar-refractivity contribution in [2.45, 2.75) is 38.3 Å². The fraction of sp³-hybridized carbons (Fsp3) is 1.00. The molecule has 2 atom stereocenters. The minimum absolute atomic E-state index is 0.143. The molecule has 2 N–H and O–H groups in total. The maximum atomic E-state index is 9.15. The van der Waals surface area contributed by atoms with Crippen LogP contribution in [0.25, 0.3) is 0 Å². The Morgan fingerprint density at radius 1 is 1.47 bits per heavy atom. The molecule has 0 aliphatic heterocycles. The van der Waals surface area contributed by atoms with E-state index in [0.717, 1.165) is 12.8 Å². The molecule has 0 heterocycles. The third-order valence-corrected chi connectivity index (χ3v) is 2.63. The summed E-state index contributed by atoms with van der Waals surface area (Å²) < 4.78 is 10.5. The predicted molar refractivity (Wildman–Crippen MR) is 61.1 cm³/mol. The summed E-state index contributed by atoms with van der Waals surface area (Å²) in [6.07, 6.45) is 1.98. The van der Waals surface area contributed by atoms with E-state index in [-0.39, 0.29) is 18.2 Å². The summed E-state index contributed by atoms with van der Waals surface area (Å²) in [5.74, 6) is 0. The van der Waals surface area contributed by atoms with Crippen molar-refractivity contribution in [2.75, 3.05) is 34.0 Å². The smallest absolute Gasteiger partial charge is 0.0780 e. The number of hydrogen-bond acceptors (Lipinski definition) is 4. The third-order valence-electron chi connectivity index (χ3n) is 2.63. The molecule has 0 spiro atoms. The Hall–Kier alpha value is -0.160. The van der Waals surface area contributed by atoms with Gasteiger partial charge < -0.3 is 19.9 Å². The summed E-state index contributed by atoms with van der Waals surface area (Å²) in [6.45, 7) is 5.49. The van der Waals surface area contributed by atoms with Crippen LogP contribution in [0.1, 0.15) is 26.7 Å². The molecule has 0 radical (unpaired) electrons. The number of rotatable bonds is 9. The minimum Gasteiger partial charge on any atom is -0.394 e. The molecule has 0 aliphatic carbocycles. The van der Waals surface area contributed by atoms with Gasteiger partial charge in [-0.1, -0.05) is 0 Å². The van der Waals surface area contributed by atoms with Crippen molar-refractivity contribution < 1.29 is 14.6 Å². The molecular formula is C11H25NO3. The van der Waals surface area contributed by atoms with Gasteiger partial charge >= 0.3 is 0 Å². The number of ether oxygens (including phenoxy) is 2. The summed E-state index contributed by atoms with van der Waals surface area (Å²) in [5, 5.41) is 12.3. The summed E-state index contributed by atoms with van der Waals surface area (Å²) >= 11 is 0. The molecule has 0 rings (SSSR count). The highest BCUT2D eigenvalue weighted by atomic mass is 16.5. The average Bonchev–Trinajstić information content (AvgIpc) is 2.24. The summed E-state index contributed by atoms with van der Waals surface area (Å²) in [6, 6.07) is 0. The van der Waals surface area contributed by atoms with Crippen LogP contribution >= 0.6 is 0 Å². The van der Waals surface area contributed by atoms with Crippen molar-refractivity contribution in [3.05, 3.63) is 0 Å². The monoisotopic (exact) mass is 219 g/mol. The predicted octanol–water partition coefficient (Wildman–Crippen LogP) is 0.788. The van der Waals surface area contributed by atoms with E-state index in [1.54, 1.807) is 7.11 Å². The second-order valence-electron chi connectivity index (χ2n) is 4.21. The molecule has 0 saturated heterocycles. The van der Waals surface area contributed by atoms with E-state index in [2.05, 4.69) is 5.32 Å². The lowest BCUT2D eigenvalue weighted by atomic mass is 9.97. The van der Waals surface area contributed by atoms with Gasteiger partial charge in [-0.2, -0.15) is 0 Å². The number of aliphatic hydroxyl groups is 1. The van der Waals surface area contributed by atoms with E-state index in [0.29, 0.717) is 13.2 Å². The van der Waals surface area contributed by atoms with Crippen molar-refractivity contribution >= 4 is 0 Å². The lowest BCUT2D eigenvalue weighted by molar-refractivity contribution is 0.00493. The van der Waals surface area contributed by atoms with Gasteiger partial charge in [0.15, 0.2) is 0 Å². The highest BCUT2D eigenvalue weighted by Gasteiger charge is 2.19. The largest absolute Gasteiger partial charge is 0.394 e.